The molecule has 0 radical (unpaired) electrons. The van der Waals surface area contributed by atoms with Crippen molar-refractivity contribution in [3.63, 3.8) is 0 Å². The third kappa shape index (κ3) is 4.74. The molecule has 2 fully saturated rings. The van der Waals surface area contributed by atoms with Gasteiger partial charge in [-0.2, -0.15) is 0 Å². The number of nitrogens with one attached hydrogen (secondary N) is 1. The fourth-order valence-corrected chi connectivity index (χ4v) is 3.03. The lowest BCUT2D eigenvalue weighted by atomic mass is 9.93. The molecule has 20 heavy (non-hydrogen) atoms. The standard InChI is InChI=1S/C16H31N3O/c1-12(2)18-16(3,15(17)20)9-4-10-19(14-7-8-14)11-13-5-6-13/h12-14,18H,4-11H2,1-3H3,(H2,17,20). The van der Waals surface area contributed by atoms with E-state index >= 15 is 0 Å². The van der Waals surface area contributed by atoms with Crippen LogP contribution in [0, 0.1) is 5.92 Å². The highest BCUT2D eigenvalue weighted by molar-refractivity contribution is 5.84. The zero-order chi connectivity index (χ0) is 14.8. The number of carbonyl (C=O) groups excluding carboxylic acids is 1. The normalized spacial score (nSPS) is 22.2. The van der Waals surface area contributed by atoms with Gasteiger partial charge in [0.15, 0.2) is 0 Å². The minimum atomic E-state index is -0.566. The number of hydrogen-bond acceptors (Lipinski definition) is 3. The number of hydrogen-bond donors (Lipinski definition) is 2. The number of carbonyl (C=O) groups is 1. The zero-order valence-electron chi connectivity index (χ0n) is 13.3. The highest BCUT2D eigenvalue weighted by atomic mass is 16.1. The number of nitrogens with zero attached hydrogens (tertiary/aromatic N) is 1. The lowest BCUT2D eigenvalue weighted by Gasteiger charge is -2.31. The Morgan fingerprint density at radius 1 is 1.35 bits per heavy atom. The maximum Gasteiger partial charge on any atom is 0.237 e. The summed E-state index contributed by atoms with van der Waals surface area (Å²) in [5.74, 6) is 0.721. The third-order valence-corrected chi connectivity index (χ3v) is 4.53. The van der Waals surface area contributed by atoms with Crippen LogP contribution in [-0.2, 0) is 4.79 Å². The quantitative estimate of drug-likeness (QED) is 0.643. The van der Waals surface area contributed by atoms with Crippen LogP contribution < -0.4 is 11.1 Å². The number of nitrogens with two attached hydrogens (primary N) is 1. The molecule has 4 heteroatoms. The van der Waals surface area contributed by atoms with Crippen LogP contribution in [-0.4, -0.2) is 41.5 Å². The minimum absolute atomic E-state index is 0.230. The molecule has 1 amide bonds. The van der Waals surface area contributed by atoms with Gasteiger partial charge in [0.1, 0.15) is 0 Å². The van der Waals surface area contributed by atoms with Gasteiger partial charge in [0.25, 0.3) is 0 Å². The Bertz CT molecular complexity index is 337. The van der Waals surface area contributed by atoms with Gasteiger partial charge >= 0.3 is 0 Å². The lowest BCUT2D eigenvalue weighted by Crippen LogP contribution is -2.55. The predicted molar refractivity (Wildman–Crippen MR) is 82.4 cm³/mol. The Balaban J connectivity index is 1.77. The molecule has 0 aromatic carbocycles. The molecule has 0 saturated heterocycles. The molecule has 2 rings (SSSR count). The summed E-state index contributed by atoms with van der Waals surface area (Å²) in [6.07, 6.45) is 7.43. The molecule has 1 atom stereocenters. The second kappa shape index (κ2) is 6.44. The first-order chi connectivity index (χ1) is 9.40. The average molecular weight is 281 g/mol. The Morgan fingerprint density at radius 3 is 2.45 bits per heavy atom. The van der Waals surface area contributed by atoms with Crippen LogP contribution in [0.5, 0.6) is 0 Å². The van der Waals surface area contributed by atoms with E-state index in [2.05, 4.69) is 24.1 Å². The van der Waals surface area contributed by atoms with Gasteiger partial charge in [0.05, 0.1) is 5.54 Å². The van der Waals surface area contributed by atoms with Crippen LogP contribution in [0.25, 0.3) is 0 Å². The van der Waals surface area contributed by atoms with E-state index in [1.807, 2.05) is 6.92 Å². The SMILES string of the molecule is CC(C)NC(C)(CCCN(CC1CC1)C1CC1)C(N)=O. The molecule has 116 valence electrons. The summed E-state index contributed by atoms with van der Waals surface area (Å²) in [6.45, 7) is 8.45. The van der Waals surface area contributed by atoms with Gasteiger partial charge in [-0.25, -0.2) is 0 Å². The maximum atomic E-state index is 11.7. The Kier molecular flexibility index (Phi) is 5.08. The van der Waals surface area contributed by atoms with E-state index in [1.165, 1.54) is 32.2 Å². The molecule has 0 heterocycles. The highest BCUT2D eigenvalue weighted by Crippen LogP contribution is 2.35. The van der Waals surface area contributed by atoms with Gasteiger partial charge in [0, 0.05) is 18.6 Å². The first-order valence-electron chi connectivity index (χ1n) is 8.22. The largest absolute Gasteiger partial charge is 0.368 e. The molecule has 0 aliphatic heterocycles. The van der Waals surface area contributed by atoms with Crippen LogP contribution in [0.1, 0.15) is 59.3 Å². The van der Waals surface area contributed by atoms with Crippen molar-refractivity contribution < 1.29 is 4.79 Å². The zero-order valence-corrected chi connectivity index (χ0v) is 13.3. The average Bonchev–Trinajstić information content (AvgIpc) is 3.20. The summed E-state index contributed by atoms with van der Waals surface area (Å²) >= 11 is 0. The first-order valence-corrected chi connectivity index (χ1v) is 8.22. The third-order valence-electron chi connectivity index (χ3n) is 4.53. The highest BCUT2D eigenvalue weighted by Gasteiger charge is 2.35. The molecule has 0 bridgehead atoms. The molecule has 2 aliphatic carbocycles. The van der Waals surface area contributed by atoms with E-state index in [9.17, 15) is 4.79 Å². The van der Waals surface area contributed by atoms with E-state index in [0.29, 0.717) is 0 Å². The van der Waals surface area contributed by atoms with E-state index in [0.717, 1.165) is 31.3 Å². The van der Waals surface area contributed by atoms with Gasteiger partial charge in [0.2, 0.25) is 5.91 Å². The van der Waals surface area contributed by atoms with Crippen molar-refractivity contribution in [2.45, 2.75) is 76.9 Å². The predicted octanol–water partition coefficient (Wildman–Crippen LogP) is 1.88. The van der Waals surface area contributed by atoms with Crippen molar-refractivity contribution in [3.05, 3.63) is 0 Å². The van der Waals surface area contributed by atoms with E-state index < -0.39 is 5.54 Å². The van der Waals surface area contributed by atoms with Crippen molar-refractivity contribution >= 4 is 5.91 Å². The number of rotatable bonds is 10. The molecular formula is C16H31N3O. The second-order valence-corrected chi connectivity index (χ2v) is 7.27. The molecule has 0 aromatic heterocycles. The summed E-state index contributed by atoms with van der Waals surface area (Å²) in [5.41, 5.74) is 5.02. The van der Waals surface area contributed by atoms with Crippen LogP contribution in [0.3, 0.4) is 0 Å². The van der Waals surface area contributed by atoms with Crippen LogP contribution in [0.2, 0.25) is 0 Å². The van der Waals surface area contributed by atoms with Crippen LogP contribution in [0.4, 0.5) is 0 Å². The van der Waals surface area contributed by atoms with Gasteiger partial charge in [-0.1, -0.05) is 0 Å². The fourth-order valence-electron chi connectivity index (χ4n) is 3.03. The van der Waals surface area contributed by atoms with Crippen LogP contribution >= 0.6 is 0 Å². The van der Waals surface area contributed by atoms with E-state index in [-0.39, 0.29) is 11.9 Å². The van der Waals surface area contributed by atoms with Gasteiger partial charge in [-0.05, 0) is 71.8 Å². The van der Waals surface area contributed by atoms with E-state index in [1.54, 1.807) is 0 Å². The Labute approximate surface area is 123 Å². The fraction of sp³-hybridized carbons (Fsp3) is 0.938. The molecule has 0 aromatic rings. The molecule has 3 N–H and O–H groups in total. The monoisotopic (exact) mass is 281 g/mol. The summed E-state index contributed by atoms with van der Waals surface area (Å²) in [7, 11) is 0. The summed E-state index contributed by atoms with van der Waals surface area (Å²) in [6, 6.07) is 1.10. The maximum absolute atomic E-state index is 11.7. The van der Waals surface area contributed by atoms with Gasteiger partial charge in [-0.3, -0.25) is 4.79 Å². The molecule has 0 spiro atoms. The Hall–Kier alpha value is -0.610. The van der Waals surface area contributed by atoms with Crippen molar-refractivity contribution in [3.8, 4) is 0 Å². The van der Waals surface area contributed by atoms with Crippen molar-refractivity contribution in [2.24, 2.45) is 11.7 Å². The molecule has 2 aliphatic rings. The Morgan fingerprint density at radius 2 is 2.00 bits per heavy atom. The summed E-state index contributed by atoms with van der Waals surface area (Å²) < 4.78 is 0. The molecule has 2 saturated carbocycles. The topological polar surface area (TPSA) is 58.4 Å². The van der Waals surface area contributed by atoms with E-state index in [4.69, 9.17) is 5.73 Å². The van der Waals surface area contributed by atoms with Crippen LogP contribution in [0.15, 0.2) is 0 Å². The van der Waals surface area contributed by atoms with Crippen molar-refractivity contribution in [1.82, 2.24) is 10.2 Å². The minimum Gasteiger partial charge on any atom is -0.368 e. The summed E-state index contributed by atoms with van der Waals surface area (Å²) in [5, 5.41) is 3.33. The van der Waals surface area contributed by atoms with Crippen molar-refractivity contribution in [1.29, 1.82) is 0 Å². The lowest BCUT2D eigenvalue weighted by molar-refractivity contribution is -0.124. The summed E-state index contributed by atoms with van der Waals surface area (Å²) in [4.78, 5) is 14.4. The molecule has 1 unspecified atom stereocenters. The van der Waals surface area contributed by atoms with Crippen molar-refractivity contribution in [2.75, 3.05) is 13.1 Å². The molecular weight excluding hydrogens is 250 g/mol. The number of amides is 1. The smallest absolute Gasteiger partial charge is 0.237 e. The number of primary amides is 1. The first kappa shape index (κ1) is 15.8. The van der Waals surface area contributed by atoms with Gasteiger partial charge < -0.3 is 16.0 Å². The second-order valence-electron chi connectivity index (χ2n) is 7.27. The molecule has 4 nitrogen and oxygen atoms in total. The van der Waals surface area contributed by atoms with Gasteiger partial charge in [-0.15, -0.1) is 0 Å².